The third-order valence-electron chi connectivity index (χ3n) is 3.97. The Hall–Kier alpha value is -2.92. The van der Waals surface area contributed by atoms with Crippen LogP contribution >= 0.6 is 0 Å². The molecule has 2 aliphatic rings. The molecular weight excluding hydrogens is 278 g/mol. The first-order valence-corrected chi connectivity index (χ1v) is 7.05. The van der Waals surface area contributed by atoms with Crippen molar-refractivity contribution in [3.63, 3.8) is 0 Å². The van der Waals surface area contributed by atoms with Crippen molar-refractivity contribution in [2.24, 2.45) is 11.7 Å². The first-order chi connectivity index (χ1) is 10.7. The van der Waals surface area contributed by atoms with E-state index in [1.807, 2.05) is 24.3 Å². The van der Waals surface area contributed by atoms with E-state index >= 15 is 0 Å². The van der Waals surface area contributed by atoms with Crippen LogP contribution in [0.25, 0.3) is 0 Å². The molecule has 22 heavy (non-hydrogen) atoms. The number of methoxy groups -OCH3 is 1. The molecule has 1 aliphatic heterocycles. The van der Waals surface area contributed by atoms with Crippen molar-refractivity contribution in [1.82, 2.24) is 0 Å². The van der Waals surface area contributed by atoms with Gasteiger partial charge < -0.3 is 15.2 Å². The van der Waals surface area contributed by atoms with Gasteiger partial charge in [-0.2, -0.15) is 10.5 Å². The van der Waals surface area contributed by atoms with Gasteiger partial charge >= 0.3 is 0 Å². The summed E-state index contributed by atoms with van der Waals surface area (Å²) in [7, 11) is 1.59. The van der Waals surface area contributed by atoms with Crippen LogP contribution in [-0.4, -0.2) is 7.11 Å². The van der Waals surface area contributed by atoms with Crippen molar-refractivity contribution in [2.75, 3.05) is 7.11 Å². The second-order valence-corrected chi connectivity index (χ2v) is 5.36. The topological polar surface area (TPSA) is 92.1 Å². The largest absolute Gasteiger partial charge is 0.497 e. The molecule has 5 nitrogen and oxygen atoms in total. The third kappa shape index (κ3) is 2.27. The number of rotatable bonds is 3. The number of nitrogens with zero attached hydrogens (tertiary/aromatic N) is 2. The molecule has 0 bridgehead atoms. The van der Waals surface area contributed by atoms with E-state index in [0.29, 0.717) is 11.3 Å². The van der Waals surface area contributed by atoms with Crippen LogP contribution in [0.1, 0.15) is 24.3 Å². The Morgan fingerprint density at radius 3 is 2.27 bits per heavy atom. The Kier molecular flexibility index (Phi) is 3.48. The monoisotopic (exact) mass is 293 g/mol. The van der Waals surface area contributed by atoms with Gasteiger partial charge in [0.05, 0.1) is 24.7 Å². The molecule has 0 spiro atoms. The highest BCUT2D eigenvalue weighted by atomic mass is 16.5. The summed E-state index contributed by atoms with van der Waals surface area (Å²) in [4.78, 5) is 0. The molecule has 0 radical (unpaired) electrons. The van der Waals surface area contributed by atoms with Crippen LogP contribution in [0.2, 0.25) is 0 Å². The second-order valence-electron chi connectivity index (χ2n) is 5.36. The average molecular weight is 293 g/mol. The molecule has 1 heterocycles. The van der Waals surface area contributed by atoms with Gasteiger partial charge in [-0.25, -0.2) is 0 Å². The molecule has 3 rings (SSSR count). The van der Waals surface area contributed by atoms with Crippen LogP contribution in [-0.2, 0) is 4.74 Å². The number of ether oxygens (including phenoxy) is 2. The lowest BCUT2D eigenvalue weighted by atomic mass is 9.83. The van der Waals surface area contributed by atoms with E-state index in [2.05, 4.69) is 12.1 Å². The lowest BCUT2D eigenvalue weighted by Gasteiger charge is -2.26. The van der Waals surface area contributed by atoms with Crippen LogP contribution in [0.15, 0.2) is 47.1 Å². The number of hydrogen-bond donors (Lipinski definition) is 1. The standard InChI is InChI=1S/C17H15N3O2/c1-21-12-6-4-10(5-7-12)15-13(8-18)16(11-2-3-11)22-17(20)14(15)9-19/h4-7,11,15H,2-3,20H2,1H3/t15-/m1/s1. The maximum absolute atomic E-state index is 9.58. The molecule has 1 fully saturated rings. The molecule has 1 atom stereocenters. The van der Waals surface area contributed by atoms with Crippen LogP contribution in [0.4, 0.5) is 0 Å². The second kappa shape index (κ2) is 5.46. The van der Waals surface area contributed by atoms with Crippen molar-refractivity contribution in [3.8, 4) is 17.9 Å². The SMILES string of the molecule is COc1ccc([C@H]2C(C#N)=C(N)OC(C3CC3)=C2C#N)cc1. The van der Waals surface area contributed by atoms with Gasteiger partial charge in [-0.3, -0.25) is 0 Å². The predicted molar refractivity (Wildman–Crippen MR) is 79.0 cm³/mol. The van der Waals surface area contributed by atoms with E-state index in [1.54, 1.807) is 7.11 Å². The van der Waals surface area contributed by atoms with Gasteiger partial charge in [-0.1, -0.05) is 12.1 Å². The maximum Gasteiger partial charge on any atom is 0.205 e. The summed E-state index contributed by atoms with van der Waals surface area (Å²) in [6.45, 7) is 0. The quantitative estimate of drug-likeness (QED) is 0.925. The van der Waals surface area contributed by atoms with Gasteiger partial charge in [-0.05, 0) is 30.5 Å². The lowest BCUT2D eigenvalue weighted by Crippen LogP contribution is -2.21. The Bertz CT molecular complexity index is 744. The van der Waals surface area contributed by atoms with Crippen molar-refractivity contribution in [2.45, 2.75) is 18.8 Å². The summed E-state index contributed by atoms with van der Waals surface area (Å²) in [5.74, 6) is 1.22. The first kappa shape index (κ1) is 14.0. The van der Waals surface area contributed by atoms with Gasteiger partial charge in [0.25, 0.3) is 0 Å². The molecule has 0 saturated heterocycles. The van der Waals surface area contributed by atoms with E-state index < -0.39 is 5.92 Å². The van der Waals surface area contributed by atoms with Crippen LogP contribution < -0.4 is 10.5 Å². The van der Waals surface area contributed by atoms with Crippen LogP contribution in [0, 0.1) is 28.6 Å². The third-order valence-corrected chi connectivity index (χ3v) is 3.97. The van der Waals surface area contributed by atoms with Gasteiger partial charge in [0.15, 0.2) is 0 Å². The first-order valence-electron chi connectivity index (χ1n) is 7.05. The zero-order chi connectivity index (χ0) is 15.7. The molecule has 1 saturated carbocycles. The number of benzene rings is 1. The summed E-state index contributed by atoms with van der Waals surface area (Å²) in [6.07, 6.45) is 1.98. The number of nitrogens with two attached hydrogens (primary N) is 1. The Labute approximate surface area is 128 Å². The summed E-state index contributed by atoms with van der Waals surface area (Å²) in [5.41, 5.74) is 7.51. The zero-order valence-electron chi connectivity index (χ0n) is 12.2. The minimum absolute atomic E-state index is 0.101. The van der Waals surface area contributed by atoms with Crippen molar-refractivity contribution in [3.05, 3.63) is 52.6 Å². The van der Waals surface area contributed by atoms with E-state index in [9.17, 15) is 10.5 Å². The zero-order valence-corrected chi connectivity index (χ0v) is 12.2. The molecule has 0 amide bonds. The molecule has 1 aromatic rings. The van der Waals surface area contributed by atoms with Crippen molar-refractivity contribution < 1.29 is 9.47 Å². The van der Waals surface area contributed by atoms with Crippen molar-refractivity contribution >= 4 is 0 Å². The molecule has 0 aromatic heterocycles. The molecular formula is C17H15N3O2. The van der Waals surface area contributed by atoms with Gasteiger partial charge in [0.2, 0.25) is 5.88 Å². The van der Waals surface area contributed by atoms with E-state index in [4.69, 9.17) is 15.2 Å². The Morgan fingerprint density at radius 2 is 1.77 bits per heavy atom. The van der Waals surface area contributed by atoms with E-state index in [0.717, 1.165) is 24.2 Å². The van der Waals surface area contributed by atoms with Crippen LogP contribution in [0.5, 0.6) is 5.75 Å². The number of allylic oxidation sites excluding steroid dienone is 3. The van der Waals surface area contributed by atoms with Gasteiger partial charge in [-0.15, -0.1) is 0 Å². The highest BCUT2D eigenvalue weighted by Crippen LogP contribution is 2.47. The molecule has 1 aliphatic carbocycles. The Balaban J connectivity index is 2.11. The summed E-state index contributed by atoms with van der Waals surface area (Å²) in [5, 5.41) is 19.0. The Morgan fingerprint density at radius 1 is 1.14 bits per heavy atom. The lowest BCUT2D eigenvalue weighted by molar-refractivity contribution is 0.260. The highest BCUT2D eigenvalue weighted by molar-refractivity contribution is 5.54. The summed E-state index contributed by atoms with van der Waals surface area (Å²) < 4.78 is 10.7. The summed E-state index contributed by atoms with van der Waals surface area (Å²) >= 11 is 0. The van der Waals surface area contributed by atoms with Gasteiger partial charge in [0.1, 0.15) is 23.2 Å². The molecule has 0 unspecified atom stereocenters. The fourth-order valence-electron chi connectivity index (χ4n) is 2.68. The molecule has 110 valence electrons. The fraction of sp³-hybridized carbons (Fsp3) is 0.294. The predicted octanol–water partition coefficient (Wildman–Crippen LogP) is 2.69. The maximum atomic E-state index is 9.58. The number of hydrogen-bond acceptors (Lipinski definition) is 5. The highest BCUT2D eigenvalue weighted by Gasteiger charge is 2.39. The fourth-order valence-corrected chi connectivity index (χ4v) is 2.68. The van der Waals surface area contributed by atoms with E-state index in [1.165, 1.54) is 0 Å². The normalized spacial score (nSPS) is 21.0. The minimum atomic E-state index is -0.467. The summed E-state index contributed by atoms with van der Waals surface area (Å²) in [6, 6.07) is 11.6. The van der Waals surface area contributed by atoms with Crippen molar-refractivity contribution in [1.29, 1.82) is 10.5 Å². The molecule has 2 N–H and O–H groups in total. The number of nitriles is 2. The average Bonchev–Trinajstić information content (AvgIpc) is 3.38. The van der Waals surface area contributed by atoms with Gasteiger partial charge in [0, 0.05) is 5.92 Å². The smallest absolute Gasteiger partial charge is 0.205 e. The molecule has 5 heteroatoms. The molecule has 1 aromatic carbocycles. The van der Waals surface area contributed by atoms with Crippen LogP contribution in [0.3, 0.4) is 0 Å². The van der Waals surface area contributed by atoms with E-state index in [-0.39, 0.29) is 17.4 Å². The minimum Gasteiger partial charge on any atom is -0.497 e.